The predicted molar refractivity (Wildman–Crippen MR) is 74.0 cm³/mol. The van der Waals surface area contributed by atoms with E-state index >= 15 is 0 Å². The molecule has 0 amide bonds. The summed E-state index contributed by atoms with van der Waals surface area (Å²) in [5.41, 5.74) is 0.860. The van der Waals surface area contributed by atoms with Gasteiger partial charge in [-0.3, -0.25) is 0 Å². The smallest absolute Gasteiger partial charge is 0.159 e. The van der Waals surface area contributed by atoms with Gasteiger partial charge in [-0.15, -0.1) is 0 Å². The molecule has 0 spiro atoms. The Balaban J connectivity index is 1.99. The van der Waals surface area contributed by atoms with Crippen molar-refractivity contribution in [3.8, 4) is 0 Å². The molecule has 1 nitrogen and oxygen atoms in total. The molecular formula is C16H23F2N. The van der Waals surface area contributed by atoms with Gasteiger partial charge < -0.3 is 5.32 Å². The lowest BCUT2D eigenvalue weighted by molar-refractivity contribution is 0.414. The van der Waals surface area contributed by atoms with Crippen LogP contribution in [0.15, 0.2) is 18.2 Å². The molecule has 0 radical (unpaired) electrons. The Morgan fingerprint density at radius 1 is 1.21 bits per heavy atom. The molecule has 3 heteroatoms. The van der Waals surface area contributed by atoms with Crippen LogP contribution >= 0.6 is 0 Å². The van der Waals surface area contributed by atoms with Gasteiger partial charge in [0.25, 0.3) is 0 Å². The van der Waals surface area contributed by atoms with Crippen molar-refractivity contribution in [3.05, 3.63) is 35.4 Å². The van der Waals surface area contributed by atoms with Crippen molar-refractivity contribution in [1.82, 2.24) is 5.32 Å². The molecule has 1 fully saturated rings. The molecule has 19 heavy (non-hydrogen) atoms. The summed E-state index contributed by atoms with van der Waals surface area (Å²) in [7, 11) is 0. The maximum Gasteiger partial charge on any atom is 0.159 e. The van der Waals surface area contributed by atoms with Crippen molar-refractivity contribution in [3.63, 3.8) is 0 Å². The van der Waals surface area contributed by atoms with Crippen LogP contribution in [0.4, 0.5) is 8.78 Å². The monoisotopic (exact) mass is 267 g/mol. The summed E-state index contributed by atoms with van der Waals surface area (Å²) in [5.74, 6) is -0.692. The zero-order valence-electron chi connectivity index (χ0n) is 11.6. The first-order chi connectivity index (χ1) is 9.20. The lowest BCUT2D eigenvalue weighted by Crippen LogP contribution is -2.21. The molecule has 1 aromatic carbocycles. The van der Waals surface area contributed by atoms with Gasteiger partial charge in [0.1, 0.15) is 0 Å². The summed E-state index contributed by atoms with van der Waals surface area (Å²) in [6.45, 7) is 2.89. The molecule has 106 valence electrons. The van der Waals surface area contributed by atoms with Crippen LogP contribution in [0.3, 0.4) is 0 Å². The molecule has 0 aromatic heterocycles. The maximum atomic E-state index is 13.3. The highest BCUT2D eigenvalue weighted by molar-refractivity contribution is 5.21. The normalized spacial score (nSPS) is 17.8. The summed E-state index contributed by atoms with van der Waals surface area (Å²) in [4.78, 5) is 0. The van der Waals surface area contributed by atoms with Crippen LogP contribution in [0.1, 0.15) is 57.1 Å². The van der Waals surface area contributed by atoms with Crippen LogP contribution in [-0.2, 0) is 0 Å². The number of hydrogen-bond donors (Lipinski definition) is 1. The van der Waals surface area contributed by atoms with E-state index in [1.165, 1.54) is 44.2 Å². The molecule has 1 aliphatic carbocycles. The van der Waals surface area contributed by atoms with Gasteiger partial charge in [-0.1, -0.05) is 38.7 Å². The highest BCUT2D eigenvalue weighted by atomic mass is 19.2. The van der Waals surface area contributed by atoms with E-state index < -0.39 is 11.6 Å². The molecule has 1 saturated carbocycles. The van der Waals surface area contributed by atoms with Gasteiger partial charge in [0, 0.05) is 6.04 Å². The summed E-state index contributed by atoms with van der Waals surface area (Å²) >= 11 is 0. The van der Waals surface area contributed by atoms with Gasteiger partial charge in [-0.05, 0) is 43.0 Å². The number of halogens is 2. The third-order valence-corrected chi connectivity index (χ3v) is 4.13. The maximum absolute atomic E-state index is 13.3. The van der Waals surface area contributed by atoms with E-state index in [2.05, 4.69) is 5.32 Å². The quantitative estimate of drug-likeness (QED) is 0.795. The van der Waals surface area contributed by atoms with Crippen molar-refractivity contribution < 1.29 is 8.78 Å². The van der Waals surface area contributed by atoms with E-state index in [9.17, 15) is 8.78 Å². The van der Waals surface area contributed by atoms with Gasteiger partial charge in [0.2, 0.25) is 0 Å². The van der Waals surface area contributed by atoms with Crippen LogP contribution < -0.4 is 5.32 Å². The van der Waals surface area contributed by atoms with E-state index in [0.29, 0.717) is 0 Å². The second kappa shape index (κ2) is 6.99. The van der Waals surface area contributed by atoms with Crippen LogP contribution in [0.5, 0.6) is 0 Å². The fourth-order valence-electron chi connectivity index (χ4n) is 3.06. The Morgan fingerprint density at radius 2 is 1.95 bits per heavy atom. The Kier molecular flexibility index (Phi) is 5.32. The summed E-state index contributed by atoms with van der Waals surface area (Å²) in [5, 5.41) is 3.38. The Bertz CT molecular complexity index is 400. The third kappa shape index (κ3) is 4.00. The minimum absolute atomic E-state index is 0.140. The van der Waals surface area contributed by atoms with Crippen molar-refractivity contribution >= 4 is 0 Å². The standard InChI is InChI=1S/C16H23F2N/c1-2-19-16(10-7-12-5-3-4-6-12)13-8-9-14(17)15(18)11-13/h8-9,11-12,16,19H,2-7,10H2,1H3. The topological polar surface area (TPSA) is 12.0 Å². The highest BCUT2D eigenvalue weighted by Crippen LogP contribution is 2.31. The second-order valence-corrected chi connectivity index (χ2v) is 5.51. The zero-order valence-corrected chi connectivity index (χ0v) is 11.6. The van der Waals surface area contributed by atoms with E-state index in [0.717, 1.165) is 24.4 Å². The lowest BCUT2D eigenvalue weighted by Gasteiger charge is -2.20. The van der Waals surface area contributed by atoms with E-state index in [1.54, 1.807) is 6.07 Å². The molecule has 0 aliphatic heterocycles. The largest absolute Gasteiger partial charge is 0.310 e. The van der Waals surface area contributed by atoms with E-state index in [-0.39, 0.29) is 6.04 Å². The molecule has 1 aromatic rings. The molecule has 0 heterocycles. The van der Waals surface area contributed by atoms with Crippen LogP contribution in [0, 0.1) is 17.6 Å². The third-order valence-electron chi connectivity index (χ3n) is 4.13. The van der Waals surface area contributed by atoms with Gasteiger partial charge in [0.05, 0.1) is 0 Å². The van der Waals surface area contributed by atoms with Gasteiger partial charge in [-0.2, -0.15) is 0 Å². The highest BCUT2D eigenvalue weighted by Gasteiger charge is 2.18. The molecule has 1 atom stereocenters. The van der Waals surface area contributed by atoms with Gasteiger partial charge in [0.15, 0.2) is 11.6 Å². The molecular weight excluding hydrogens is 244 g/mol. The average Bonchev–Trinajstić information content (AvgIpc) is 2.91. The van der Waals surface area contributed by atoms with Crippen LogP contribution in [0.2, 0.25) is 0 Å². The van der Waals surface area contributed by atoms with Gasteiger partial charge in [-0.25, -0.2) is 8.78 Å². The molecule has 1 unspecified atom stereocenters. The van der Waals surface area contributed by atoms with Crippen molar-refractivity contribution in [1.29, 1.82) is 0 Å². The van der Waals surface area contributed by atoms with Crippen LogP contribution in [0.25, 0.3) is 0 Å². The fraction of sp³-hybridized carbons (Fsp3) is 0.625. The Morgan fingerprint density at radius 3 is 2.58 bits per heavy atom. The summed E-state index contributed by atoms with van der Waals surface area (Å²) < 4.78 is 26.3. The molecule has 1 aliphatic rings. The number of nitrogens with one attached hydrogen (secondary N) is 1. The van der Waals surface area contributed by atoms with Crippen LogP contribution in [-0.4, -0.2) is 6.54 Å². The molecule has 2 rings (SSSR count). The first-order valence-electron chi connectivity index (χ1n) is 7.39. The average molecular weight is 267 g/mol. The first kappa shape index (κ1) is 14.4. The van der Waals surface area contributed by atoms with Gasteiger partial charge >= 0.3 is 0 Å². The fourth-order valence-corrected chi connectivity index (χ4v) is 3.06. The summed E-state index contributed by atoms with van der Waals surface area (Å²) in [6, 6.07) is 4.39. The summed E-state index contributed by atoms with van der Waals surface area (Å²) in [6.07, 6.45) is 7.54. The lowest BCUT2D eigenvalue weighted by atomic mass is 9.94. The molecule has 0 bridgehead atoms. The minimum atomic E-state index is -0.769. The minimum Gasteiger partial charge on any atom is -0.310 e. The second-order valence-electron chi connectivity index (χ2n) is 5.51. The van der Waals surface area contributed by atoms with Crippen molar-refractivity contribution in [2.45, 2.75) is 51.5 Å². The van der Waals surface area contributed by atoms with Crippen molar-refractivity contribution in [2.24, 2.45) is 5.92 Å². The van der Waals surface area contributed by atoms with E-state index in [4.69, 9.17) is 0 Å². The Hall–Kier alpha value is -0.960. The Labute approximate surface area is 114 Å². The molecule has 0 saturated heterocycles. The first-order valence-corrected chi connectivity index (χ1v) is 7.39. The number of rotatable bonds is 6. The number of benzene rings is 1. The number of hydrogen-bond acceptors (Lipinski definition) is 1. The molecule has 1 N–H and O–H groups in total. The van der Waals surface area contributed by atoms with Crippen molar-refractivity contribution in [2.75, 3.05) is 6.54 Å². The SMILES string of the molecule is CCNC(CCC1CCCC1)c1ccc(F)c(F)c1. The van der Waals surface area contributed by atoms with E-state index in [1.807, 2.05) is 6.92 Å². The predicted octanol–water partition coefficient (Wildman–Crippen LogP) is 4.59. The zero-order chi connectivity index (χ0) is 13.7.